The Kier molecular flexibility index (Phi) is 5.52. The predicted molar refractivity (Wildman–Crippen MR) is 105 cm³/mol. The lowest BCUT2D eigenvalue weighted by atomic mass is 10.2. The Morgan fingerprint density at radius 3 is 2.31 bits per heavy atom. The van der Waals surface area contributed by atoms with Gasteiger partial charge >= 0.3 is 0 Å². The van der Waals surface area contributed by atoms with Crippen molar-refractivity contribution in [2.75, 3.05) is 13.9 Å². The number of nitrogens with zero attached hydrogens (tertiary/aromatic N) is 2. The molecule has 4 rings (SSSR count). The maximum absolute atomic E-state index is 5.42. The summed E-state index contributed by atoms with van der Waals surface area (Å²) in [5.74, 6) is 4.19. The molecule has 0 N–H and O–H groups in total. The van der Waals surface area contributed by atoms with Gasteiger partial charge in [0.1, 0.15) is 5.75 Å². The van der Waals surface area contributed by atoms with Crippen LogP contribution in [-0.2, 0) is 11.5 Å². The first-order valence-corrected chi connectivity index (χ1v) is 10.7. The SMILES string of the molecule is COc1ccc(CSc2nnc(SCc3ccc4c(c3)OCO4)s2)cc1. The van der Waals surface area contributed by atoms with E-state index in [1.165, 1.54) is 11.1 Å². The summed E-state index contributed by atoms with van der Waals surface area (Å²) < 4.78 is 17.9. The Labute approximate surface area is 164 Å². The van der Waals surface area contributed by atoms with E-state index in [2.05, 4.69) is 28.4 Å². The Morgan fingerprint density at radius 2 is 1.58 bits per heavy atom. The lowest BCUT2D eigenvalue weighted by molar-refractivity contribution is 0.174. The second-order valence-corrected chi connectivity index (χ2v) is 8.87. The van der Waals surface area contributed by atoms with Gasteiger partial charge in [-0.15, -0.1) is 10.2 Å². The molecule has 26 heavy (non-hydrogen) atoms. The Bertz CT molecular complexity index is 884. The molecule has 0 bridgehead atoms. The number of ether oxygens (including phenoxy) is 3. The minimum atomic E-state index is 0.303. The molecule has 5 nitrogen and oxygen atoms in total. The van der Waals surface area contributed by atoms with Crippen LogP contribution in [0.15, 0.2) is 51.1 Å². The highest BCUT2D eigenvalue weighted by atomic mass is 32.2. The highest BCUT2D eigenvalue weighted by Crippen LogP contribution is 2.36. The summed E-state index contributed by atoms with van der Waals surface area (Å²) in [6.07, 6.45) is 0. The number of rotatable bonds is 7. The molecular formula is C18H16N2O3S3. The van der Waals surface area contributed by atoms with Crippen LogP contribution in [0.25, 0.3) is 0 Å². The lowest BCUT2D eigenvalue weighted by Gasteiger charge is -2.01. The molecule has 8 heteroatoms. The van der Waals surface area contributed by atoms with Crippen LogP contribution in [0.1, 0.15) is 11.1 Å². The van der Waals surface area contributed by atoms with Gasteiger partial charge in [0.15, 0.2) is 20.2 Å². The van der Waals surface area contributed by atoms with Gasteiger partial charge in [-0.3, -0.25) is 0 Å². The van der Waals surface area contributed by atoms with Crippen LogP contribution in [-0.4, -0.2) is 24.1 Å². The Balaban J connectivity index is 1.30. The fraction of sp³-hybridized carbons (Fsp3) is 0.222. The molecule has 1 aliphatic heterocycles. The molecule has 0 aliphatic carbocycles. The zero-order valence-electron chi connectivity index (χ0n) is 14.0. The van der Waals surface area contributed by atoms with Crippen LogP contribution in [0.3, 0.4) is 0 Å². The zero-order chi connectivity index (χ0) is 17.8. The maximum Gasteiger partial charge on any atom is 0.231 e. The van der Waals surface area contributed by atoms with Crippen molar-refractivity contribution in [3.05, 3.63) is 53.6 Å². The number of thioether (sulfide) groups is 2. The molecule has 2 aromatic carbocycles. The molecule has 0 saturated heterocycles. The summed E-state index contributed by atoms with van der Waals surface area (Å²) in [5, 5.41) is 8.55. The first-order valence-electron chi connectivity index (χ1n) is 7.91. The van der Waals surface area contributed by atoms with Crippen LogP contribution < -0.4 is 14.2 Å². The zero-order valence-corrected chi connectivity index (χ0v) is 16.5. The summed E-state index contributed by atoms with van der Waals surface area (Å²) in [7, 11) is 1.67. The van der Waals surface area contributed by atoms with E-state index in [1.54, 1.807) is 42.0 Å². The second kappa shape index (κ2) is 8.20. The monoisotopic (exact) mass is 404 g/mol. The second-order valence-electron chi connectivity index (χ2n) is 5.45. The van der Waals surface area contributed by atoms with Gasteiger partial charge in [0, 0.05) is 11.5 Å². The average molecular weight is 405 g/mol. The van der Waals surface area contributed by atoms with E-state index in [-0.39, 0.29) is 0 Å². The molecule has 2 heterocycles. The van der Waals surface area contributed by atoms with Gasteiger partial charge in [-0.05, 0) is 35.4 Å². The van der Waals surface area contributed by atoms with Crippen molar-refractivity contribution < 1.29 is 14.2 Å². The summed E-state index contributed by atoms with van der Waals surface area (Å²) in [4.78, 5) is 0. The fourth-order valence-electron chi connectivity index (χ4n) is 2.36. The van der Waals surface area contributed by atoms with Crippen LogP contribution in [0.2, 0.25) is 0 Å². The molecule has 3 aromatic rings. The maximum atomic E-state index is 5.42. The highest BCUT2D eigenvalue weighted by molar-refractivity contribution is 8.02. The van der Waals surface area contributed by atoms with Crippen molar-refractivity contribution in [2.24, 2.45) is 0 Å². The minimum absolute atomic E-state index is 0.303. The van der Waals surface area contributed by atoms with Crippen LogP contribution in [0.4, 0.5) is 0 Å². The van der Waals surface area contributed by atoms with E-state index in [0.717, 1.165) is 37.4 Å². The first-order chi connectivity index (χ1) is 12.8. The van der Waals surface area contributed by atoms with Gasteiger partial charge in [0.2, 0.25) is 6.79 Å². The summed E-state index contributed by atoms with van der Waals surface area (Å²) >= 11 is 5.01. The van der Waals surface area contributed by atoms with Gasteiger partial charge in [-0.1, -0.05) is 53.1 Å². The van der Waals surface area contributed by atoms with Gasteiger partial charge in [-0.25, -0.2) is 0 Å². The smallest absolute Gasteiger partial charge is 0.231 e. The van der Waals surface area contributed by atoms with Gasteiger partial charge in [0.05, 0.1) is 7.11 Å². The molecule has 0 radical (unpaired) electrons. The van der Waals surface area contributed by atoms with E-state index in [0.29, 0.717) is 6.79 Å². The molecular weight excluding hydrogens is 388 g/mol. The lowest BCUT2D eigenvalue weighted by Crippen LogP contribution is -1.92. The average Bonchev–Trinajstić information content (AvgIpc) is 3.34. The third-order valence-electron chi connectivity index (χ3n) is 3.71. The molecule has 0 fully saturated rings. The molecule has 0 atom stereocenters. The third-order valence-corrected chi connectivity index (χ3v) is 7.04. The normalized spacial score (nSPS) is 12.3. The third kappa shape index (κ3) is 4.25. The Morgan fingerprint density at radius 1 is 0.923 bits per heavy atom. The number of fused-ring (bicyclic) bond motifs is 1. The molecule has 0 spiro atoms. The minimum Gasteiger partial charge on any atom is -0.497 e. The quantitative estimate of drug-likeness (QED) is 0.521. The summed E-state index contributed by atoms with van der Waals surface area (Å²) in [6.45, 7) is 0.303. The van der Waals surface area contributed by atoms with Crippen molar-refractivity contribution in [2.45, 2.75) is 20.2 Å². The number of aromatic nitrogens is 2. The topological polar surface area (TPSA) is 53.5 Å². The van der Waals surface area contributed by atoms with Crippen molar-refractivity contribution in [3.8, 4) is 17.2 Å². The van der Waals surface area contributed by atoms with E-state index < -0.39 is 0 Å². The van der Waals surface area contributed by atoms with Crippen LogP contribution in [0.5, 0.6) is 17.2 Å². The molecule has 0 saturated carbocycles. The largest absolute Gasteiger partial charge is 0.497 e. The van der Waals surface area contributed by atoms with Crippen molar-refractivity contribution in [3.63, 3.8) is 0 Å². The first kappa shape index (κ1) is 17.5. The summed E-state index contributed by atoms with van der Waals surface area (Å²) in [5.41, 5.74) is 2.42. The number of hydrogen-bond acceptors (Lipinski definition) is 8. The van der Waals surface area contributed by atoms with E-state index >= 15 is 0 Å². The van der Waals surface area contributed by atoms with Crippen LogP contribution in [0, 0.1) is 0 Å². The summed E-state index contributed by atoms with van der Waals surface area (Å²) in [6, 6.07) is 14.1. The van der Waals surface area contributed by atoms with Gasteiger partial charge in [-0.2, -0.15) is 0 Å². The van der Waals surface area contributed by atoms with Crippen molar-refractivity contribution in [1.29, 1.82) is 0 Å². The molecule has 1 aliphatic rings. The molecule has 0 amide bonds. The molecule has 0 unspecified atom stereocenters. The standard InChI is InChI=1S/C18H16N2O3S3/c1-21-14-5-2-12(3-6-14)9-24-17-19-20-18(26-17)25-10-13-4-7-15-16(8-13)23-11-22-15/h2-8H,9-11H2,1H3. The van der Waals surface area contributed by atoms with E-state index in [1.807, 2.05) is 24.3 Å². The van der Waals surface area contributed by atoms with Gasteiger partial charge < -0.3 is 14.2 Å². The number of hydrogen-bond donors (Lipinski definition) is 0. The number of benzene rings is 2. The van der Waals surface area contributed by atoms with Crippen molar-refractivity contribution >= 4 is 34.9 Å². The van der Waals surface area contributed by atoms with Crippen LogP contribution >= 0.6 is 34.9 Å². The van der Waals surface area contributed by atoms with E-state index in [9.17, 15) is 0 Å². The Hall–Kier alpha value is -1.90. The fourth-order valence-corrected chi connectivity index (χ4v) is 5.28. The number of methoxy groups -OCH3 is 1. The van der Waals surface area contributed by atoms with E-state index in [4.69, 9.17) is 14.2 Å². The van der Waals surface area contributed by atoms with Gasteiger partial charge in [0.25, 0.3) is 0 Å². The molecule has 134 valence electrons. The predicted octanol–water partition coefficient (Wildman–Crippen LogP) is 4.86. The highest BCUT2D eigenvalue weighted by Gasteiger charge is 2.14. The van der Waals surface area contributed by atoms with Crippen molar-refractivity contribution in [1.82, 2.24) is 10.2 Å². The molecule has 1 aromatic heterocycles.